The number of hydrogen-bond donors (Lipinski definition) is 2. The van der Waals surface area contributed by atoms with E-state index in [4.69, 9.17) is 16.9 Å². The van der Waals surface area contributed by atoms with Gasteiger partial charge < -0.3 is 10.3 Å². The van der Waals surface area contributed by atoms with Gasteiger partial charge in [-0.3, -0.25) is 4.79 Å². The average Bonchev–Trinajstić information content (AvgIpc) is 3.13. The van der Waals surface area contributed by atoms with Crippen LogP contribution < -0.4 is 5.32 Å². The Morgan fingerprint density at radius 2 is 1.96 bits per heavy atom. The van der Waals surface area contributed by atoms with Gasteiger partial charge >= 0.3 is 0 Å². The Labute approximate surface area is 164 Å². The molecule has 4 rings (SSSR count). The topological polar surface area (TPSA) is 81.6 Å². The van der Waals surface area contributed by atoms with Crippen LogP contribution in [0.1, 0.15) is 15.9 Å². The van der Waals surface area contributed by atoms with Gasteiger partial charge in [0.2, 0.25) is 0 Å². The fraction of sp³-hybridized carbons (Fsp3) is 0. The summed E-state index contributed by atoms with van der Waals surface area (Å²) in [6.45, 7) is 0. The van der Waals surface area contributed by atoms with Gasteiger partial charge in [-0.05, 0) is 48.5 Å². The fourth-order valence-corrected chi connectivity index (χ4v) is 3.04. The molecule has 28 heavy (non-hydrogen) atoms. The Bertz CT molecular complexity index is 1230. The number of fused-ring (bicyclic) bond motifs is 1. The lowest BCUT2D eigenvalue weighted by molar-refractivity contribution is 0.102. The molecule has 4 aromatic rings. The quantitative estimate of drug-likeness (QED) is 0.507. The average molecular weight is 391 g/mol. The Morgan fingerprint density at radius 3 is 2.71 bits per heavy atom. The van der Waals surface area contributed by atoms with Crippen molar-refractivity contribution in [3.05, 3.63) is 82.6 Å². The first-order chi connectivity index (χ1) is 13.5. The summed E-state index contributed by atoms with van der Waals surface area (Å²) in [6, 6.07) is 18.0. The number of H-pyrrole nitrogens is 1. The van der Waals surface area contributed by atoms with E-state index in [1.54, 1.807) is 18.2 Å². The molecule has 0 atom stereocenters. The van der Waals surface area contributed by atoms with Crippen LogP contribution in [-0.4, -0.2) is 15.9 Å². The van der Waals surface area contributed by atoms with Crippen molar-refractivity contribution in [2.75, 3.05) is 5.32 Å². The van der Waals surface area contributed by atoms with Crippen LogP contribution in [0, 0.1) is 17.1 Å². The normalized spacial score (nSPS) is 10.6. The predicted octanol–water partition coefficient (Wildman–Crippen LogP) is 5.15. The number of para-hydroxylation sites is 2. The number of carbonyl (C=O) groups excluding carboxylic acids is 1. The van der Waals surface area contributed by atoms with Gasteiger partial charge in [0.05, 0.1) is 33.3 Å². The van der Waals surface area contributed by atoms with E-state index in [-0.39, 0.29) is 11.1 Å². The minimum absolute atomic E-state index is 0.146. The summed E-state index contributed by atoms with van der Waals surface area (Å²) in [6.07, 6.45) is 0. The predicted molar refractivity (Wildman–Crippen MR) is 106 cm³/mol. The standard InChI is InChI=1S/C21H12ClFN4O/c22-16-8-6-13(25-21(28)14-7-5-12(11-24)9-17(14)23)10-15(16)20-26-18-3-1-2-4-19(18)27-20/h1-10H,(H,25,28)(H,26,27). The maximum atomic E-state index is 14.1. The number of benzene rings is 3. The number of carbonyl (C=O) groups is 1. The lowest BCUT2D eigenvalue weighted by Gasteiger charge is -2.09. The molecular weight excluding hydrogens is 379 g/mol. The summed E-state index contributed by atoms with van der Waals surface area (Å²) >= 11 is 6.31. The van der Waals surface area contributed by atoms with E-state index in [2.05, 4.69) is 15.3 Å². The highest BCUT2D eigenvalue weighted by atomic mass is 35.5. The largest absolute Gasteiger partial charge is 0.338 e. The molecule has 0 fully saturated rings. The van der Waals surface area contributed by atoms with Crippen molar-refractivity contribution in [1.29, 1.82) is 5.26 Å². The van der Waals surface area contributed by atoms with E-state index in [0.717, 1.165) is 17.1 Å². The number of halogens is 2. The second-order valence-electron chi connectivity index (χ2n) is 6.06. The molecule has 7 heteroatoms. The molecular formula is C21H12ClFN4O. The van der Waals surface area contributed by atoms with Crippen molar-refractivity contribution in [3.63, 3.8) is 0 Å². The van der Waals surface area contributed by atoms with E-state index >= 15 is 0 Å². The van der Waals surface area contributed by atoms with Crippen molar-refractivity contribution >= 4 is 34.2 Å². The first-order valence-corrected chi connectivity index (χ1v) is 8.68. The number of nitrogens with zero attached hydrogens (tertiary/aromatic N) is 2. The molecule has 0 saturated heterocycles. The molecule has 1 heterocycles. The zero-order valence-corrected chi connectivity index (χ0v) is 15.1. The first-order valence-electron chi connectivity index (χ1n) is 8.31. The molecule has 0 bridgehead atoms. The maximum Gasteiger partial charge on any atom is 0.258 e. The molecule has 136 valence electrons. The van der Waals surface area contributed by atoms with Gasteiger partial charge in [0, 0.05) is 11.3 Å². The van der Waals surface area contributed by atoms with Crippen LogP contribution >= 0.6 is 11.6 Å². The lowest BCUT2D eigenvalue weighted by atomic mass is 10.1. The lowest BCUT2D eigenvalue weighted by Crippen LogP contribution is -2.14. The van der Waals surface area contributed by atoms with Gasteiger partial charge in [0.25, 0.3) is 5.91 Å². The van der Waals surface area contributed by atoms with Crippen molar-refractivity contribution in [2.45, 2.75) is 0 Å². The van der Waals surface area contributed by atoms with Crippen LogP contribution in [0.15, 0.2) is 60.7 Å². The van der Waals surface area contributed by atoms with Gasteiger partial charge in [-0.25, -0.2) is 9.37 Å². The number of hydrogen-bond acceptors (Lipinski definition) is 3. The summed E-state index contributed by atoms with van der Waals surface area (Å²) in [4.78, 5) is 20.1. The summed E-state index contributed by atoms with van der Waals surface area (Å²) in [5.41, 5.74) is 2.70. The van der Waals surface area contributed by atoms with E-state index in [1.165, 1.54) is 12.1 Å². The Balaban J connectivity index is 1.65. The molecule has 3 aromatic carbocycles. The zero-order valence-electron chi connectivity index (χ0n) is 14.3. The highest BCUT2D eigenvalue weighted by Gasteiger charge is 2.15. The monoisotopic (exact) mass is 390 g/mol. The number of aromatic nitrogens is 2. The Hall–Kier alpha value is -3.69. The molecule has 0 unspecified atom stereocenters. The van der Waals surface area contributed by atoms with Crippen molar-refractivity contribution in [1.82, 2.24) is 9.97 Å². The third-order valence-corrected chi connectivity index (χ3v) is 4.54. The van der Waals surface area contributed by atoms with E-state index in [9.17, 15) is 9.18 Å². The number of anilines is 1. The maximum absolute atomic E-state index is 14.1. The molecule has 1 aromatic heterocycles. The van der Waals surface area contributed by atoms with E-state index in [1.807, 2.05) is 30.3 Å². The summed E-state index contributed by atoms with van der Waals surface area (Å²) < 4.78 is 14.1. The number of nitriles is 1. The first kappa shape index (κ1) is 17.7. The number of imidazole rings is 1. The van der Waals surface area contributed by atoms with Crippen LogP contribution in [-0.2, 0) is 0 Å². The summed E-state index contributed by atoms with van der Waals surface area (Å²) in [5.74, 6) is -0.824. The van der Waals surface area contributed by atoms with Gasteiger partial charge in [-0.1, -0.05) is 23.7 Å². The number of rotatable bonds is 3. The molecule has 5 nitrogen and oxygen atoms in total. The van der Waals surface area contributed by atoms with Crippen LogP contribution in [0.3, 0.4) is 0 Å². The zero-order chi connectivity index (χ0) is 19.7. The number of aromatic amines is 1. The molecule has 0 spiro atoms. The van der Waals surface area contributed by atoms with Gasteiger partial charge in [-0.15, -0.1) is 0 Å². The number of amides is 1. The molecule has 0 radical (unpaired) electrons. The fourth-order valence-electron chi connectivity index (χ4n) is 2.83. The molecule has 0 aliphatic rings. The van der Waals surface area contributed by atoms with E-state index < -0.39 is 11.7 Å². The van der Waals surface area contributed by atoms with Crippen molar-refractivity contribution in [2.24, 2.45) is 0 Å². The molecule has 0 saturated carbocycles. The molecule has 2 N–H and O–H groups in total. The SMILES string of the molecule is N#Cc1ccc(C(=O)Nc2ccc(Cl)c(-c3nc4ccccc4[nH]3)c2)c(F)c1. The molecule has 1 amide bonds. The van der Waals surface area contributed by atoms with Crippen LogP contribution in [0.4, 0.5) is 10.1 Å². The van der Waals surface area contributed by atoms with Gasteiger partial charge in [0.15, 0.2) is 0 Å². The second-order valence-corrected chi connectivity index (χ2v) is 6.46. The Morgan fingerprint density at radius 1 is 1.14 bits per heavy atom. The van der Waals surface area contributed by atoms with Gasteiger partial charge in [0.1, 0.15) is 11.6 Å². The van der Waals surface area contributed by atoms with E-state index in [0.29, 0.717) is 22.1 Å². The van der Waals surface area contributed by atoms with Crippen molar-refractivity contribution < 1.29 is 9.18 Å². The highest BCUT2D eigenvalue weighted by Crippen LogP contribution is 2.30. The van der Waals surface area contributed by atoms with Crippen LogP contribution in [0.2, 0.25) is 5.02 Å². The summed E-state index contributed by atoms with van der Waals surface area (Å²) in [7, 11) is 0. The Kier molecular flexibility index (Phi) is 4.52. The second kappa shape index (κ2) is 7.14. The van der Waals surface area contributed by atoms with Crippen LogP contribution in [0.5, 0.6) is 0 Å². The minimum atomic E-state index is -0.761. The van der Waals surface area contributed by atoms with Crippen molar-refractivity contribution in [3.8, 4) is 17.5 Å². The molecule has 0 aliphatic carbocycles. The highest BCUT2D eigenvalue weighted by molar-refractivity contribution is 6.33. The van der Waals surface area contributed by atoms with Gasteiger partial charge in [-0.2, -0.15) is 5.26 Å². The summed E-state index contributed by atoms with van der Waals surface area (Å²) in [5, 5.41) is 11.9. The third kappa shape index (κ3) is 3.31. The smallest absolute Gasteiger partial charge is 0.258 e. The molecule has 0 aliphatic heterocycles. The third-order valence-electron chi connectivity index (χ3n) is 4.21. The minimum Gasteiger partial charge on any atom is -0.338 e. The van der Waals surface area contributed by atoms with Crippen LogP contribution in [0.25, 0.3) is 22.4 Å². The number of nitrogens with one attached hydrogen (secondary N) is 2.